The van der Waals surface area contributed by atoms with E-state index in [4.69, 9.17) is 10.5 Å². The van der Waals surface area contributed by atoms with Crippen molar-refractivity contribution >= 4 is 27.6 Å². The lowest BCUT2D eigenvalue weighted by Gasteiger charge is -2.08. The molecule has 0 spiro atoms. The first-order valence-corrected chi connectivity index (χ1v) is 5.51. The van der Waals surface area contributed by atoms with Crippen molar-refractivity contribution in [3.8, 4) is 0 Å². The van der Waals surface area contributed by atoms with Gasteiger partial charge in [0.05, 0.1) is 12.3 Å². The molecule has 0 atom stereocenters. The lowest BCUT2D eigenvalue weighted by Crippen LogP contribution is -2.12. The average Bonchev–Trinajstić information content (AvgIpc) is 2.22. The Bertz CT molecular complexity index is 380. The second kappa shape index (κ2) is 5.11. The Morgan fingerprint density at radius 1 is 1.60 bits per heavy atom. The van der Waals surface area contributed by atoms with Gasteiger partial charge in [-0.3, -0.25) is 0 Å². The summed E-state index contributed by atoms with van der Waals surface area (Å²) in [4.78, 5) is 15.6. The molecule has 0 saturated carbocycles. The summed E-state index contributed by atoms with van der Waals surface area (Å²) in [6.45, 7) is 4.01. The first-order chi connectivity index (χ1) is 7.10. The van der Waals surface area contributed by atoms with Crippen molar-refractivity contribution in [1.29, 1.82) is 0 Å². The van der Waals surface area contributed by atoms with Crippen molar-refractivity contribution in [1.82, 2.24) is 4.98 Å². The van der Waals surface area contributed by atoms with Crippen molar-refractivity contribution < 1.29 is 9.53 Å². The number of aromatic nitrogens is 1. The molecule has 82 valence electrons. The van der Waals surface area contributed by atoms with Crippen LogP contribution in [0.25, 0.3) is 0 Å². The van der Waals surface area contributed by atoms with Crippen molar-refractivity contribution in [2.45, 2.75) is 20.3 Å². The van der Waals surface area contributed by atoms with Crippen LogP contribution in [-0.2, 0) is 11.2 Å². The minimum atomic E-state index is -0.481. The van der Waals surface area contributed by atoms with Gasteiger partial charge < -0.3 is 10.5 Å². The summed E-state index contributed by atoms with van der Waals surface area (Å²) < 4.78 is 5.54. The van der Waals surface area contributed by atoms with E-state index in [1.54, 1.807) is 13.0 Å². The van der Waals surface area contributed by atoms with Gasteiger partial charge in [0.2, 0.25) is 0 Å². The number of hydrogen-bond acceptors (Lipinski definition) is 4. The summed E-state index contributed by atoms with van der Waals surface area (Å²) in [5, 5.41) is 0. The normalized spacial score (nSPS) is 10.1. The Hall–Kier alpha value is -1.10. The molecular weight excluding hydrogens is 260 g/mol. The minimum absolute atomic E-state index is 0.183. The molecule has 0 saturated heterocycles. The zero-order chi connectivity index (χ0) is 11.4. The van der Waals surface area contributed by atoms with E-state index in [9.17, 15) is 4.79 Å². The number of pyridine rings is 1. The van der Waals surface area contributed by atoms with Crippen LogP contribution in [0.4, 0.5) is 5.69 Å². The van der Waals surface area contributed by atoms with Gasteiger partial charge in [-0.25, -0.2) is 9.78 Å². The molecule has 0 aliphatic heterocycles. The first-order valence-electron chi connectivity index (χ1n) is 4.72. The number of halogens is 1. The molecule has 0 unspecified atom stereocenters. The Morgan fingerprint density at radius 2 is 2.27 bits per heavy atom. The number of nitrogen functional groups attached to an aromatic ring is 1. The topological polar surface area (TPSA) is 65.2 Å². The summed E-state index contributed by atoms with van der Waals surface area (Å²) in [7, 11) is 0. The van der Waals surface area contributed by atoms with Gasteiger partial charge in [-0.05, 0) is 35.3 Å². The molecule has 0 aliphatic rings. The van der Waals surface area contributed by atoms with Crippen LogP contribution in [0.15, 0.2) is 10.5 Å². The molecule has 15 heavy (non-hydrogen) atoms. The number of hydrogen-bond donors (Lipinski definition) is 1. The quantitative estimate of drug-likeness (QED) is 0.857. The van der Waals surface area contributed by atoms with Crippen LogP contribution in [0.3, 0.4) is 0 Å². The fraction of sp³-hybridized carbons (Fsp3) is 0.400. The third-order valence-corrected chi connectivity index (χ3v) is 2.55. The van der Waals surface area contributed by atoms with Crippen LogP contribution in [0.1, 0.15) is 30.0 Å². The fourth-order valence-electron chi connectivity index (χ4n) is 1.11. The highest BCUT2D eigenvalue weighted by molar-refractivity contribution is 9.10. The smallest absolute Gasteiger partial charge is 0.359 e. The second-order valence-electron chi connectivity index (χ2n) is 2.93. The lowest BCUT2D eigenvalue weighted by atomic mass is 10.2. The molecule has 2 N–H and O–H groups in total. The highest BCUT2D eigenvalue weighted by Gasteiger charge is 2.16. The maximum absolute atomic E-state index is 11.5. The van der Waals surface area contributed by atoms with E-state index >= 15 is 0 Å². The summed E-state index contributed by atoms with van der Waals surface area (Å²) in [5.41, 5.74) is 7.04. The van der Waals surface area contributed by atoms with Crippen molar-refractivity contribution in [3.05, 3.63) is 21.9 Å². The molecule has 0 aromatic carbocycles. The monoisotopic (exact) mass is 272 g/mol. The molecule has 1 heterocycles. The minimum Gasteiger partial charge on any atom is -0.461 e. The standard InChI is InChI=1S/C10H13BrN2O2/c1-3-6-5-7(11)8(12)9(13-6)10(14)15-4-2/h5H,3-4,12H2,1-2H3. The largest absolute Gasteiger partial charge is 0.461 e. The van der Waals surface area contributed by atoms with Gasteiger partial charge in [-0.1, -0.05) is 6.92 Å². The number of rotatable bonds is 3. The number of ether oxygens (including phenoxy) is 1. The molecular formula is C10H13BrN2O2. The number of nitrogens with zero attached hydrogens (tertiary/aromatic N) is 1. The van der Waals surface area contributed by atoms with Crippen molar-refractivity contribution in [2.75, 3.05) is 12.3 Å². The van der Waals surface area contributed by atoms with Gasteiger partial charge >= 0.3 is 5.97 Å². The van der Waals surface area contributed by atoms with E-state index in [0.29, 0.717) is 16.8 Å². The molecule has 1 aromatic heterocycles. The van der Waals surface area contributed by atoms with E-state index in [0.717, 1.165) is 12.1 Å². The summed E-state index contributed by atoms with van der Waals surface area (Å²) in [5.74, 6) is -0.481. The SMILES string of the molecule is CCOC(=O)c1nc(CC)cc(Br)c1N. The maximum Gasteiger partial charge on any atom is 0.359 e. The van der Waals surface area contributed by atoms with Gasteiger partial charge in [0.25, 0.3) is 0 Å². The van der Waals surface area contributed by atoms with E-state index in [1.807, 2.05) is 6.92 Å². The summed E-state index contributed by atoms with van der Waals surface area (Å²) in [6, 6.07) is 1.80. The molecule has 4 nitrogen and oxygen atoms in total. The van der Waals surface area contributed by atoms with Gasteiger partial charge in [-0.15, -0.1) is 0 Å². The third kappa shape index (κ3) is 2.68. The number of carbonyl (C=O) groups is 1. The van der Waals surface area contributed by atoms with Crippen LogP contribution >= 0.6 is 15.9 Å². The van der Waals surface area contributed by atoms with Crippen LogP contribution in [0, 0.1) is 0 Å². The molecule has 0 bridgehead atoms. The molecule has 0 aliphatic carbocycles. The van der Waals surface area contributed by atoms with E-state index in [1.165, 1.54) is 0 Å². The molecule has 0 amide bonds. The van der Waals surface area contributed by atoms with Crippen molar-refractivity contribution in [2.24, 2.45) is 0 Å². The first kappa shape index (κ1) is 12.0. The molecule has 5 heteroatoms. The maximum atomic E-state index is 11.5. The molecule has 1 rings (SSSR count). The predicted molar refractivity (Wildman–Crippen MR) is 61.7 cm³/mol. The zero-order valence-corrected chi connectivity index (χ0v) is 10.3. The zero-order valence-electron chi connectivity index (χ0n) is 8.71. The van der Waals surface area contributed by atoms with E-state index in [2.05, 4.69) is 20.9 Å². The van der Waals surface area contributed by atoms with E-state index in [-0.39, 0.29) is 5.69 Å². The summed E-state index contributed by atoms with van der Waals surface area (Å²) in [6.07, 6.45) is 0.741. The van der Waals surface area contributed by atoms with Crippen LogP contribution in [-0.4, -0.2) is 17.6 Å². The predicted octanol–water partition coefficient (Wildman–Crippen LogP) is 2.17. The number of aryl methyl sites for hydroxylation is 1. The Morgan fingerprint density at radius 3 is 2.80 bits per heavy atom. The fourth-order valence-corrected chi connectivity index (χ4v) is 1.56. The van der Waals surface area contributed by atoms with Gasteiger partial charge in [0.1, 0.15) is 0 Å². The van der Waals surface area contributed by atoms with Crippen LogP contribution in [0.2, 0.25) is 0 Å². The highest BCUT2D eigenvalue weighted by Crippen LogP contribution is 2.23. The Kier molecular flexibility index (Phi) is 4.08. The lowest BCUT2D eigenvalue weighted by molar-refractivity contribution is 0.0520. The van der Waals surface area contributed by atoms with Gasteiger partial charge in [0.15, 0.2) is 5.69 Å². The third-order valence-electron chi connectivity index (χ3n) is 1.89. The Labute approximate surface area is 97.0 Å². The second-order valence-corrected chi connectivity index (χ2v) is 3.79. The van der Waals surface area contributed by atoms with Crippen molar-refractivity contribution in [3.63, 3.8) is 0 Å². The number of nitrogens with two attached hydrogens (primary N) is 1. The number of esters is 1. The van der Waals surface area contributed by atoms with Crippen LogP contribution < -0.4 is 5.73 Å². The van der Waals surface area contributed by atoms with E-state index < -0.39 is 5.97 Å². The number of carbonyl (C=O) groups excluding carboxylic acids is 1. The summed E-state index contributed by atoms with van der Waals surface area (Å²) >= 11 is 3.28. The van der Waals surface area contributed by atoms with Crippen LogP contribution in [0.5, 0.6) is 0 Å². The molecule has 0 radical (unpaired) electrons. The van der Waals surface area contributed by atoms with Gasteiger partial charge in [0, 0.05) is 10.2 Å². The number of anilines is 1. The Balaban J connectivity index is 3.15. The highest BCUT2D eigenvalue weighted by atomic mass is 79.9. The molecule has 0 fully saturated rings. The van der Waals surface area contributed by atoms with Gasteiger partial charge in [-0.2, -0.15) is 0 Å². The molecule has 1 aromatic rings. The average molecular weight is 273 g/mol.